The van der Waals surface area contributed by atoms with Crippen molar-refractivity contribution in [1.82, 2.24) is 0 Å². The van der Waals surface area contributed by atoms with Gasteiger partial charge in [-0.25, -0.2) is 9.59 Å². The molecule has 1 unspecified atom stereocenters. The lowest BCUT2D eigenvalue weighted by atomic mass is 10.0. The molecule has 0 aromatic heterocycles. The number of ether oxygens (including phenoxy) is 3. The molecule has 0 amide bonds. The number of hydrogen-bond donors (Lipinski definition) is 1. The third-order valence-electron chi connectivity index (χ3n) is 3.90. The Labute approximate surface area is 180 Å². The Kier molecular flexibility index (Phi) is 8.16. The number of hydrazone groups is 1. The number of nitro groups is 2. The van der Waals surface area contributed by atoms with Crippen LogP contribution in [0, 0.1) is 20.2 Å². The fourth-order valence-corrected chi connectivity index (χ4v) is 2.47. The summed E-state index contributed by atoms with van der Waals surface area (Å²) in [6.45, 7) is 1.51. The van der Waals surface area contributed by atoms with Crippen LogP contribution in [-0.2, 0) is 19.0 Å². The van der Waals surface area contributed by atoms with Gasteiger partial charge in [-0.1, -0.05) is 30.3 Å². The third kappa shape index (κ3) is 5.98. The van der Waals surface area contributed by atoms with Crippen molar-refractivity contribution in [3.8, 4) is 0 Å². The largest absolute Gasteiger partial charge is 0.509 e. The van der Waals surface area contributed by atoms with Gasteiger partial charge in [0.1, 0.15) is 5.69 Å². The second kappa shape index (κ2) is 11.0. The number of nitrogens with one attached hydrogen (secondary N) is 1. The number of methoxy groups -OCH3 is 1. The maximum Gasteiger partial charge on any atom is 0.509 e. The zero-order valence-electron chi connectivity index (χ0n) is 16.9. The van der Waals surface area contributed by atoms with E-state index in [1.54, 1.807) is 37.3 Å². The van der Waals surface area contributed by atoms with E-state index in [0.29, 0.717) is 5.56 Å². The van der Waals surface area contributed by atoms with E-state index in [2.05, 4.69) is 15.3 Å². The second-order valence-electron chi connectivity index (χ2n) is 5.91. The summed E-state index contributed by atoms with van der Waals surface area (Å²) in [6, 6.07) is 10.9. The van der Waals surface area contributed by atoms with Gasteiger partial charge in [-0.05, 0) is 18.6 Å². The van der Waals surface area contributed by atoms with Crippen LogP contribution in [0.3, 0.4) is 0 Å². The molecular formula is C19H18N4O9. The maximum absolute atomic E-state index is 12.6. The predicted octanol–water partition coefficient (Wildman–Crippen LogP) is 3.36. The van der Waals surface area contributed by atoms with Crippen LogP contribution in [0.1, 0.15) is 18.6 Å². The number of carbonyl (C=O) groups excluding carboxylic acids is 2. The van der Waals surface area contributed by atoms with E-state index in [1.165, 1.54) is 0 Å². The van der Waals surface area contributed by atoms with E-state index >= 15 is 0 Å². The van der Waals surface area contributed by atoms with E-state index in [4.69, 9.17) is 9.47 Å². The summed E-state index contributed by atoms with van der Waals surface area (Å²) in [4.78, 5) is 44.9. The SMILES string of the molecule is CCOC(=O)/C(=N\Nc1ccc([N+](=O)[O-])cc1[N+](=O)[O-])C(OC(=O)OC)c1ccccc1. The highest BCUT2D eigenvalue weighted by Crippen LogP contribution is 2.29. The van der Waals surface area contributed by atoms with Gasteiger partial charge >= 0.3 is 17.8 Å². The Bertz CT molecular complexity index is 1040. The summed E-state index contributed by atoms with van der Waals surface area (Å²) in [5, 5.41) is 26.1. The van der Waals surface area contributed by atoms with Crippen LogP contribution in [0.5, 0.6) is 0 Å². The van der Waals surface area contributed by atoms with Gasteiger partial charge in [0.05, 0.1) is 29.6 Å². The predicted molar refractivity (Wildman–Crippen MR) is 110 cm³/mol. The van der Waals surface area contributed by atoms with Gasteiger partial charge in [0.25, 0.3) is 5.69 Å². The fourth-order valence-electron chi connectivity index (χ4n) is 2.47. The number of non-ortho nitro benzene ring substituents is 1. The van der Waals surface area contributed by atoms with E-state index < -0.39 is 45.2 Å². The first-order chi connectivity index (χ1) is 15.3. The molecule has 2 aromatic rings. The molecule has 0 heterocycles. The third-order valence-corrected chi connectivity index (χ3v) is 3.90. The second-order valence-corrected chi connectivity index (χ2v) is 5.91. The minimum absolute atomic E-state index is 0.0325. The molecule has 13 heteroatoms. The van der Waals surface area contributed by atoms with Crippen molar-refractivity contribution in [2.75, 3.05) is 19.1 Å². The summed E-state index contributed by atoms with van der Waals surface area (Å²) >= 11 is 0. The number of carbonyl (C=O) groups is 2. The van der Waals surface area contributed by atoms with Gasteiger partial charge in [0.2, 0.25) is 0 Å². The van der Waals surface area contributed by atoms with E-state index in [1.807, 2.05) is 0 Å². The molecule has 0 aliphatic heterocycles. The van der Waals surface area contributed by atoms with Crippen LogP contribution < -0.4 is 5.43 Å². The van der Waals surface area contributed by atoms with Gasteiger partial charge in [-0.2, -0.15) is 5.10 Å². The van der Waals surface area contributed by atoms with Crippen LogP contribution in [-0.4, -0.2) is 41.4 Å². The lowest BCUT2D eigenvalue weighted by molar-refractivity contribution is -0.393. The topological polar surface area (TPSA) is 172 Å². The molecule has 0 aliphatic carbocycles. The van der Waals surface area contributed by atoms with Crippen molar-refractivity contribution in [2.24, 2.45) is 5.10 Å². The highest BCUT2D eigenvalue weighted by molar-refractivity contribution is 6.38. The average Bonchev–Trinajstić information content (AvgIpc) is 2.78. The van der Waals surface area contributed by atoms with Crippen LogP contribution >= 0.6 is 0 Å². The fraction of sp³-hybridized carbons (Fsp3) is 0.211. The number of anilines is 1. The maximum atomic E-state index is 12.6. The summed E-state index contributed by atoms with van der Waals surface area (Å²) in [7, 11) is 1.07. The normalized spacial score (nSPS) is 11.8. The molecule has 1 atom stereocenters. The summed E-state index contributed by atoms with van der Waals surface area (Å²) in [5.41, 5.74) is 0.816. The monoisotopic (exact) mass is 446 g/mol. The quantitative estimate of drug-likeness (QED) is 0.260. The van der Waals surface area contributed by atoms with Gasteiger partial charge in [-0.3, -0.25) is 25.7 Å². The van der Waals surface area contributed by atoms with Crippen LogP contribution in [0.15, 0.2) is 53.6 Å². The highest BCUT2D eigenvalue weighted by Gasteiger charge is 2.31. The summed E-state index contributed by atoms with van der Waals surface area (Å²) in [6.07, 6.45) is -2.50. The average molecular weight is 446 g/mol. The van der Waals surface area contributed by atoms with E-state index in [-0.39, 0.29) is 12.3 Å². The van der Waals surface area contributed by atoms with Crippen molar-refractivity contribution in [3.05, 3.63) is 74.3 Å². The smallest absolute Gasteiger partial charge is 0.461 e. The van der Waals surface area contributed by atoms with Crippen LogP contribution in [0.2, 0.25) is 0 Å². The van der Waals surface area contributed by atoms with E-state index in [0.717, 1.165) is 25.3 Å². The number of hydrogen-bond acceptors (Lipinski definition) is 11. The molecule has 32 heavy (non-hydrogen) atoms. The first-order valence-electron chi connectivity index (χ1n) is 9.01. The Hall–Kier alpha value is -4.55. The van der Waals surface area contributed by atoms with E-state index in [9.17, 15) is 29.8 Å². The number of nitro benzene ring substituents is 2. The number of nitrogens with zero attached hydrogens (tertiary/aromatic N) is 3. The van der Waals surface area contributed by atoms with Crippen molar-refractivity contribution in [1.29, 1.82) is 0 Å². The molecule has 0 fully saturated rings. The van der Waals surface area contributed by atoms with Crippen molar-refractivity contribution in [3.63, 3.8) is 0 Å². The molecule has 0 spiro atoms. The molecule has 0 saturated carbocycles. The van der Waals surface area contributed by atoms with Crippen LogP contribution in [0.25, 0.3) is 0 Å². The zero-order valence-corrected chi connectivity index (χ0v) is 16.9. The first kappa shape index (κ1) is 23.7. The van der Waals surface area contributed by atoms with Crippen molar-refractivity contribution >= 4 is 34.9 Å². The molecule has 0 saturated heterocycles. The molecule has 168 valence electrons. The highest BCUT2D eigenvalue weighted by atomic mass is 16.7. The summed E-state index contributed by atoms with van der Waals surface area (Å²) in [5.74, 6) is -0.970. The van der Waals surface area contributed by atoms with Gasteiger partial charge in [0.15, 0.2) is 11.8 Å². The zero-order chi connectivity index (χ0) is 23.7. The minimum atomic E-state index is -1.38. The number of rotatable bonds is 9. The van der Waals surface area contributed by atoms with Gasteiger partial charge < -0.3 is 14.2 Å². The van der Waals surface area contributed by atoms with Crippen LogP contribution in [0.4, 0.5) is 21.9 Å². The van der Waals surface area contributed by atoms with Gasteiger partial charge in [0, 0.05) is 6.07 Å². The summed E-state index contributed by atoms with van der Waals surface area (Å²) < 4.78 is 14.6. The van der Waals surface area contributed by atoms with Gasteiger partial charge in [-0.15, -0.1) is 0 Å². The molecule has 13 nitrogen and oxygen atoms in total. The lowest BCUT2D eigenvalue weighted by Crippen LogP contribution is -2.29. The lowest BCUT2D eigenvalue weighted by Gasteiger charge is -2.18. The Morgan fingerprint density at radius 2 is 1.78 bits per heavy atom. The molecule has 0 radical (unpaired) electrons. The molecule has 0 aliphatic rings. The standard InChI is InChI=1S/C19H18N4O9/c1-3-31-18(24)16(17(32-19(25)30-2)12-7-5-4-6-8-12)21-20-14-10-9-13(22(26)27)11-15(14)23(28)29/h4-11,17,20H,3H2,1-2H3/b21-16-. The van der Waals surface area contributed by atoms with Crippen molar-refractivity contribution in [2.45, 2.75) is 13.0 Å². The van der Waals surface area contributed by atoms with Crippen molar-refractivity contribution < 1.29 is 33.6 Å². The molecule has 2 rings (SSSR count). The molecular weight excluding hydrogens is 428 g/mol. The molecule has 1 N–H and O–H groups in total. The molecule has 2 aromatic carbocycles. The number of benzene rings is 2. The Morgan fingerprint density at radius 3 is 2.34 bits per heavy atom. The minimum Gasteiger partial charge on any atom is -0.461 e. The molecule has 0 bridgehead atoms. The Morgan fingerprint density at radius 1 is 1.09 bits per heavy atom. The number of esters is 1. The Balaban J connectivity index is 2.54. The first-order valence-corrected chi connectivity index (χ1v) is 9.01.